The van der Waals surface area contributed by atoms with Crippen LogP contribution >= 0.6 is 0 Å². The van der Waals surface area contributed by atoms with Crippen molar-refractivity contribution in [1.29, 1.82) is 0 Å². The van der Waals surface area contributed by atoms with Crippen molar-refractivity contribution in [3.8, 4) is 17.6 Å². The van der Waals surface area contributed by atoms with E-state index in [-0.39, 0.29) is 11.3 Å². The van der Waals surface area contributed by atoms with Crippen LogP contribution in [0.15, 0.2) is 18.2 Å². The number of hydrogen-bond donors (Lipinski definition) is 2. The quantitative estimate of drug-likeness (QED) is 0.733. The average Bonchev–Trinajstić information content (AvgIpc) is 2.25. The Morgan fingerprint density at radius 1 is 1.50 bits per heavy atom. The fourth-order valence-electron chi connectivity index (χ4n) is 1.14. The molecular formula is C12H12O4. The maximum atomic E-state index is 10.9. The zero-order valence-corrected chi connectivity index (χ0v) is 9.02. The Kier molecular flexibility index (Phi) is 3.92. The van der Waals surface area contributed by atoms with E-state index in [1.165, 1.54) is 26.2 Å². The van der Waals surface area contributed by atoms with E-state index < -0.39 is 12.1 Å². The first-order valence-electron chi connectivity index (χ1n) is 4.65. The Bertz CT molecular complexity index is 452. The van der Waals surface area contributed by atoms with Gasteiger partial charge in [0, 0.05) is 5.56 Å². The first-order chi connectivity index (χ1) is 7.54. The molecule has 0 heterocycles. The van der Waals surface area contributed by atoms with Crippen LogP contribution in [0, 0.1) is 11.8 Å². The number of aliphatic hydroxyl groups is 1. The van der Waals surface area contributed by atoms with E-state index in [1.54, 1.807) is 6.07 Å². The molecule has 1 aromatic rings. The third-order valence-corrected chi connectivity index (χ3v) is 1.86. The van der Waals surface area contributed by atoms with Crippen molar-refractivity contribution in [1.82, 2.24) is 0 Å². The van der Waals surface area contributed by atoms with E-state index in [4.69, 9.17) is 14.9 Å². The van der Waals surface area contributed by atoms with Crippen LogP contribution in [0.5, 0.6) is 5.75 Å². The lowest BCUT2D eigenvalue weighted by Gasteiger charge is -2.04. The summed E-state index contributed by atoms with van der Waals surface area (Å²) in [5.41, 5.74) is 0.582. The van der Waals surface area contributed by atoms with Gasteiger partial charge in [-0.3, -0.25) is 0 Å². The SMILES string of the molecule is COc1ccc(C#CC(C)O)cc1C(=O)O. The molecule has 16 heavy (non-hydrogen) atoms. The number of methoxy groups -OCH3 is 1. The lowest BCUT2D eigenvalue weighted by atomic mass is 10.1. The van der Waals surface area contributed by atoms with Gasteiger partial charge in [-0.2, -0.15) is 0 Å². The fraction of sp³-hybridized carbons (Fsp3) is 0.250. The molecular weight excluding hydrogens is 208 g/mol. The number of aliphatic hydroxyl groups excluding tert-OH is 1. The highest BCUT2D eigenvalue weighted by Gasteiger charge is 2.10. The summed E-state index contributed by atoms with van der Waals surface area (Å²) < 4.78 is 4.91. The van der Waals surface area contributed by atoms with Gasteiger partial charge < -0.3 is 14.9 Å². The monoisotopic (exact) mass is 220 g/mol. The van der Waals surface area contributed by atoms with Gasteiger partial charge in [-0.15, -0.1) is 0 Å². The van der Waals surface area contributed by atoms with Crippen molar-refractivity contribution in [2.75, 3.05) is 7.11 Å². The average molecular weight is 220 g/mol. The van der Waals surface area contributed by atoms with Gasteiger partial charge in [0.05, 0.1) is 7.11 Å². The van der Waals surface area contributed by atoms with Crippen molar-refractivity contribution in [3.05, 3.63) is 29.3 Å². The molecule has 0 aliphatic rings. The molecule has 0 spiro atoms. The summed E-state index contributed by atoms with van der Waals surface area (Å²) >= 11 is 0. The minimum Gasteiger partial charge on any atom is -0.496 e. The Morgan fingerprint density at radius 3 is 2.69 bits per heavy atom. The standard InChI is InChI=1S/C12H12O4/c1-8(13)3-4-9-5-6-11(16-2)10(7-9)12(14)15/h5-8,13H,1-2H3,(H,14,15). The number of carboxylic acids is 1. The zero-order chi connectivity index (χ0) is 12.1. The van der Waals surface area contributed by atoms with Gasteiger partial charge in [0.15, 0.2) is 0 Å². The second-order valence-corrected chi connectivity index (χ2v) is 3.17. The van der Waals surface area contributed by atoms with E-state index in [0.29, 0.717) is 5.56 Å². The molecule has 4 nitrogen and oxygen atoms in total. The number of aromatic carboxylic acids is 1. The van der Waals surface area contributed by atoms with E-state index in [2.05, 4.69) is 11.8 Å². The molecule has 0 saturated carbocycles. The van der Waals surface area contributed by atoms with Gasteiger partial charge in [0.25, 0.3) is 0 Å². The summed E-state index contributed by atoms with van der Waals surface area (Å²) in [6.45, 7) is 1.54. The second kappa shape index (κ2) is 5.19. The lowest BCUT2D eigenvalue weighted by Crippen LogP contribution is -2.01. The van der Waals surface area contributed by atoms with E-state index >= 15 is 0 Å². The van der Waals surface area contributed by atoms with Gasteiger partial charge in [-0.1, -0.05) is 11.8 Å². The lowest BCUT2D eigenvalue weighted by molar-refractivity contribution is 0.0693. The second-order valence-electron chi connectivity index (χ2n) is 3.17. The molecule has 1 rings (SSSR count). The zero-order valence-electron chi connectivity index (χ0n) is 9.02. The third kappa shape index (κ3) is 3.01. The minimum atomic E-state index is -1.07. The Hall–Kier alpha value is -1.99. The number of carboxylic acid groups (broad SMARTS) is 1. The highest BCUT2D eigenvalue weighted by atomic mass is 16.5. The molecule has 1 aromatic carbocycles. The van der Waals surface area contributed by atoms with Crippen molar-refractivity contribution in [2.24, 2.45) is 0 Å². The first-order valence-corrected chi connectivity index (χ1v) is 4.65. The summed E-state index contributed by atoms with van der Waals surface area (Å²) in [6, 6.07) is 4.59. The molecule has 2 N–H and O–H groups in total. The largest absolute Gasteiger partial charge is 0.496 e. The number of benzene rings is 1. The van der Waals surface area contributed by atoms with Crippen LogP contribution < -0.4 is 4.74 Å². The molecule has 0 radical (unpaired) electrons. The molecule has 84 valence electrons. The normalized spacial score (nSPS) is 11.2. The first kappa shape index (κ1) is 12.1. The molecule has 0 amide bonds. The molecule has 0 aliphatic carbocycles. The number of ether oxygens (including phenoxy) is 1. The van der Waals surface area contributed by atoms with Crippen LogP contribution in [0.2, 0.25) is 0 Å². The summed E-state index contributed by atoms with van der Waals surface area (Å²) in [5, 5.41) is 17.9. The number of rotatable bonds is 2. The highest BCUT2D eigenvalue weighted by molar-refractivity contribution is 5.91. The van der Waals surface area contributed by atoms with Crippen LogP contribution in [-0.4, -0.2) is 29.4 Å². The number of carbonyl (C=O) groups is 1. The van der Waals surface area contributed by atoms with Gasteiger partial charge in [-0.25, -0.2) is 4.79 Å². The fourth-order valence-corrected chi connectivity index (χ4v) is 1.14. The molecule has 0 aromatic heterocycles. The van der Waals surface area contributed by atoms with Crippen molar-refractivity contribution in [3.63, 3.8) is 0 Å². The third-order valence-electron chi connectivity index (χ3n) is 1.86. The smallest absolute Gasteiger partial charge is 0.339 e. The molecule has 4 heteroatoms. The molecule has 0 saturated heterocycles. The van der Waals surface area contributed by atoms with E-state index in [1.807, 2.05) is 0 Å². The van der Waals surface area contributed by atoms with Crippen LogP contribution in [0.1, 0.15) is 22.8 Å². The van der Waals surface area contributed by atoms with E-state index in [0.717, 1.165) is 0 Å². The molecule has 0 aliphatic heterocycles. The summed E-state index contributed by atoms with van der Waals surface area (Å²) in [6.07, 6.45) is -0.740. The van der Waals surface area contributed by atoms with Crippen LogP contribution in [-0.2, 0) is 0 Å². The van der Waals surface area contributed by atoms with Crippen LogP contribution in [0.25, 0.3) is 0 Å². The summed E-state index contributed by atoms with van der Waals surface area (Å²) in [4.78, 5) is 10.9. The van der Waals surface area contributed by atoms with Crippen molar-refractivity contribution < 1.29 is 19.7 Å². The summed E-state index contributed by atoms with van der Waals surface area (Å²) in [5.74, 6) is 4.42. The number of hydrogen-bond acceptors (Lipinski definition) is 3. The van der Waals surface area contributed by atoms with Gasteiger partial charge in [0.2, 0.25) is 0 Å². The molecule has 0 fully saturated rings. The summed E-state index contributed by atoms with van der Waals surface area (Å²) in [7, 11) is 1.41. The van der Waals surface area contributed by atoms with Crippen molar-refractivity contribution in [2.45, 2.75) is 13.0 Å². The van der Waals surface area contributed by atoms with Crippen LogP contribution in [0.4, 0.5) is 0 Å². The molecule has 0 bridgehead atoms. The Morgan fingerprint density at radius 2 is 2.19 bits per heavy atom. The minimum absolute atomic E-state index is 0.0555. The van der Waals surface area contributed by atoms with Crippen LogP contribution in [0.3, 0.4) is 0 Å². The predicted octanol–water partition coefficient (Wildman–Crippen LogP) is 1.13. The van der Waals surface area contributed by atoms with Gasteiger partial charge in [0.1, 0.15) is 17.4 Å². The maximum absolute atomic E-state index is 10.9. The molecule has 1 atom stereocenters. The van der Waals surface area contributed by atoms with Crippen molar-refractivity contribution >= 4 is 5.97 Å². The topological polar surface area (TPSA) is 66.8 Å². The Balaban J connectivity index is 3.14. The van der Waals surface area contributed by atoms with Gasteiger partial charge >= 0.3 is 5.97 Å². The Labute approximate surface area is 93.5 Å². The highest BCUT2D eigenvalue weighted by Crippen LogP contribution is 2.19. The van der Waals surface area contributed by atoms with Gasteiger partial charge in [-0.05, 0) is 25.1 Å². The maximum Gasteiger partial charge on any atom is 0.339 e. The van der Waals surface area contributed by atoms with E-state index in [9.17, 15) is 4.79 Å². The predicted molar refractivity (Wildman–Crippen MR) is 58.5 cm³/mol. The molecule has 1 unspecified atom stereocenters.